The number of amides is 3. The van der Waals surface area contributed by atoms with Gasteiger partial charge >= 0.3 is 6.03 Å². The summed E-state index contributed by atoms with van der Waals surface area (Å²) in [5, 5.41) is 16.1. The van der Waals surface area contributed by atoms with Crippen LogP contribution in [0, 0.1) is 6.92 Å². The molecule has 3 unspecified atom stereocenters. The van der Waals surface area contributed by atoms with Gasteiger partial charge in [-0.3, -0.25) is 10.1 Å². The maximum Gasteiger partial charge on any atom is 0.325 e. The Bertz CT molecular complexity index is 781. The molecule has 2 aliphatic heterocycles. The number of ether oxygens (including phenoxy) is 1. The Morgan fingerprint density at radius 1 is 1.36 bits per heavy atom. The van der Waals surface area contributed by atoms with E-state index in [4.69, 9.17) is 4.74 Å². The molecule has 152 valence electrons. The van der Waals surface area contributed by atoms with Gasteiger partial charge in [-0.05, 0) is 38.5 Å². The summed E-state index contributed by atoms with van der Waals surface area (Å²) < 4.78 is 5.67. The van der Waals surface area contributed by atoms with Gasteiger partial charge in [0.2, 0.25) is 0 Å². The first-order chi connectivity index (χ1) is 13.3. The first kappa shape index (κ1) is 19.9. The molecule has 3 N–H and O–H groups in total. The van der Waals surface area contributed by atoms with Crippen LogP contribution < -0.4 is 15.4 Å². The van der Waals surface area contributed by atoms with E-state index in [1.807, 2.05) is 45.0 Å². The van der Waals surface area contributed by atoms with Gasteiger partial charge in [-0.2, -0.15) is 0 Å². The van der Waals surface area contributed by atoms with Crippen LogP contribution in [0.25, 0.3) is 0 Å². The number of carbonyl (C=O) groups excluding carboxylic acids is 2. The molecule has 0 radical (unpaired) electrons. The second-order valence-electron chi connectivity index (χ2n) is 7.45. The SMILES string of the molecule is Cc1cccc(OCC(O)CN2C(NC(C)C)=NC3C2C(=O)NC(=O)N3C)c1. The molecule has 3 atom stereocenters. The van der Waals surface area contributed by atoms with Crippen LogP contribution in [-0.4, -0.2) is 77.4 Å². The molecule has 3 rings (SSSR count). The third-order valence-corrected chi connectivity index (χ3v) is 4.62. The zero-order valence-corrected chi connectivity index (χ0v) is 16.5. The minimum Gasteiger partial charge on any atom is -0.491 e. The predicted octanol–water partition coefficient (Wildman–Crippen LogP) is 0.281. The molecule has 0 aromatic heterocycles. The number of urea groups is 1. The molecule has 1 fully saturated rings. The number of nitrogens with one attached hydrogen (secondary N) is 2. The number of fused-ring (bicyclic) bond motifs is 1. The van der Waals surface area contributed by atoms with Crippen LogP contribution in [0.2, 0.25) is 0 Å². The third-order valence-electron chi connectivity index (χ3n) is 4.62. The van der Waals surface area contributed by atoms with Gasteiger partial charge in [-0.25, -0.2) is 9.79 Å². The minimum absolute atomic E-state index is 0.0721. The van der Waals surface area contributed by atoms with Crippen molar-refractivity contribution in [2.24, 2.45) is 4.99 Å². The van der Waals surface area contributed by atoms with E-state index >= 15 is 0 Å². The monoisotopic (exact) mass is 389 g/mol. The van der Waals surface area contributed by atoms with Crippen LogP contribution in [-0.2, 0) is 4.79 Å². The van der Waals surface area contributed by atoms with Gasteiger partial charge in [0.05, 0.1) is 6.54 Å². The Labute approximate surface area is 164 Å². The molecular formula is C19H27N5O4. The van der Waals surface area contributed by atoms with Gasteiger partial charge in [-0.15, -0.1) is 0 Å². The van der Waals surface area contributed by atoms with Gasteiger partial charge in [0.25, 0.3) is 5.91 Å². The molecule has 0 bridgehead atoms. The number of guanidine groups is 1. The molecule has 1 aromatic rings. The van der Waals surface area contributed by atoms with E-state index in [1.54, 1.807) is 11.9 Å². The first-order valence-electron chi connectivity index (χ1n) is 9.32. The van der Waals surface area contributed by atoms with E-state index in [0.717, 1.165) is 5.56 Å². The van der Waals surface area contributed by atoms with Gasteiger partial charge < -0.3 is 25.0 Å². The van der Waals surface area contributed by atoms with Crippen LogP contribution in [0.3, 0.4) is 0 Å². The average Bonchev–Trinajstić information content (AvgIpc) is 2.96. The molecule has 0 spiro atoms. The van der Waals surface area contributed by atoms with Crippen LogP contribution in [0.5, 0.6) is 5.75 Å². The Morgan fingerprint density at radius 2 is 2.11 bits per heavy atom. The number of hydrogen-bond donors (Lipinski definition) is 3. The summed E-state index contributed by atoms with van der Waals surface area (Å²) >= 11 is 0. The van der Waals surface area contributed by atoms with Gasteiger partial charge in [0.15, 0.2) is 18.2 Å². The molecule has 0 saturated carbocycles. The standard InChI is InChI=1S/C19H27N5O4/c1-11(2)20-18-21-16-15(17(26)22-19(27)23(16)4)24(18)9-13(25)10-28-14-7-5-6-12(3)8-14/h5-8,11,13,15-16,25H,9-10H2,1-4H3,(H,20,21)(H,22,26,27). The molecular weight excluding hydrogens is 362 g/mol. The maximum absolute atomic E-state index is 12.5. The fourth-order valence-electron chi connectivity index (χ4n) is 3.28. The highest BCUT2D eigenvalue weighted by molar-refractivity contribution is 6.03. The number of aliphatic imine (C=N–C) groups is 1. The van der Waals surface area contributed by atoms with Gasteiger partial charge in [0, 0.05) is 13.1 Å². The highest BCUT2D eigenvalue weighted by atomic mass is 16.5. The lowest BCUT2D eigenvalue weighted by molar-refractivity contribution is -0.127. The van der Waals surface area contributed by atoms with Crippen molar-refractivity contribution < 1.29 is 19.4 Å². The van der Waals surface area contributed by atoms with E-state index in [1.165, 1.54) is 4.90 Å². The van der Waals surface area contributed by atoms with Crippen molar-refractivity contribution >= 4 is 17.9 Å². The molecule has 0 aliphatic carbocycles. The zero-order chi connectivity index (χ0) is 20.4. The van der Waals surface area contributed by atoms with Gasteiger partial charge in [0.1, 0.15) is 18.5 Å². The number of aliphatic hydroxyl groups excluding tert-OH is 1. The van der Waals surface area contributed by atoms with Crippen LogP contribution in [0.15, 0.2) is 29.3 Å². The lowest BCUT2D eigenvalue weighted by atomic mass is 10.1. The summed E-state index contributed by atoms with van der Waals surface area (Å²) in [6.07, 6.45) is -1.48. The quantitative estimate of drug-likeness (QED) is 0.645. The number of rotatable bonds is 6. The molecule has 1 aromatic carbocycles. The maximum atomic E-state index is 12.5. The third kappa shape index (κ3) is 4.19. The van der Waals surface area contributed by atoms with Crippen molar-refractivity contribution in [1.82, 2.24) is 20.4 Å². The summed E-state index contributed by atoms with van der Waals surface area (Å²) in [6, 6.07) is 6.47. The number of imide groups is 1. The second-order valence-corrected chi connectivity index (χ2v) is 7.45. The van der Waals surface area contributed by atoms with Crippen molar-refractivity contribution in [3.63, 3.8) is 0 Å². The molecule has 9 heteroatoms. The first-order valence-corrected chi connectivity index (χ1v) is 9.32. The van der Waals surface area contributed by atoms with E-state index in [9.17, 15) is 14.7 Å². The number of carbonyl (C=O) groups is 2. The van der Waals surface area contributed by atoms with E-state index in [-0.39, 0.29) is 19.2 Å². The van der Waals surface area contributed by atoms with Crippen LogP contribution in [0.4, 0.5) is 4.79 Å². The van der Waals surface area contributed by atoms with E-state index < -0.39 is 30.2 Å². The smallest absolute Gasteiger partial charge is 0.325 e. The number of aryl methyl sites for hydroxylation is 1. The summed E-state index contributed by atoms with van der Waals surface area (Å²) in [4.78, 5) is 32.0. The van der Waals surface area contributed by atoms with Gasteiger partial charge in [-0.1, -0.05) is 12.1 Å². The lowest BCUT2D eigenvalue weighted by Crippen LogP contribution is -2.65. The highest BCUT2D eigenvalue weighted by Gasteiger charge is 2.49. The van der Waals surface area contributed by atoms with Crippen molar-refractivity contribution in [3.05, 3.63) is 29.8 Å². The van der Waals surface area contributed by atoms with E-state index in [0.29, 0.717) is 11.7 Å². The summed E-state index contributed by atoms with van der Waals surface area (Å²) in [7, 11) is 1.59. The molecule has 28 heavy (non-hydrogen) atoms. The summed E-state index contributed by atoms with van der Waals surface area (Å²) in [5.41, 5.74) is 1.07. The summed E-state index contributed by atoms with van der Waals surface area (Å²) in [5.74, 6) is 0.730. The zero-order valence-electron chi connectivity index (χ0n) is 16.5. The molecule has 3 amide bonds. The second kappa shape index (κ2) is 8.05. The topological polar surface area (TPSA) is 106 Å². The minimum atomic E-state index is -0.853. The van der Waals surface area contributed by atoms with Crippen molar-refractivity contribution in [2.45, 2.75) is 45.1 Å². The molecule has 2 heterocycles. The molecule has 2 aliphatic rings. The number of nitrogens with zero attached hydrogens (tertiary/aromatic N) is 3. The van der Waals surface area contributed by atoms with Crippen LogP contribution >= 0.6 is 0 Å². The predicted molar refractivity (Wildman–Crippen MR) is 104 cm³/mol. The fourth-order valence-corrected chi connectivity index (χ4v) is 3.28. The Kier molecular flexibility index (Phi) is 5.73. The van der Waals surface area contributed by atoms with Crippen molar-refractivity contribution in [2.75, 3.05) is 20.2 Å². The van der Waals surface area contributed by atoms with E-state index in [2.05, 4.69) is 15.6 Å². The lowest BCUT2D eigenvalue weighted by Gasteiger charge is -2.37. The largest absolute Gasteiger partial charge is 0.491 e. The number of benzene rings is 1. The van der Waals surface area contributed by atoms with Crippen LogP contribution in [0.1, 0.15) is 19.4 Å². The summed E-state index contributed by atoms with van der Waals surface area (Å²) in [6.45, 7) is 6.08. The highest BCUT2D eigenvalue weighted by Crippen LogP contribution is 2.24. The average molecular weight is 389 g/mol. The Hall–Kier alpha value is -2.81. The van der Waals surface area contributed by atoms with Crippen molar-refractivity contribution in [3.8, 4) is 5.75 Å². The Morgan fingerprint density at radius 3 is 2.79 bits per heavy atom. The van der Waals surface area contributed by atoms with Crippen molar-refractivity contribution in [1.29, 1.82) is 0 Å². The number of likely N-dealkylation sites (N-methyl/N-ethyl adjacent to an activating group) is 1. The normalized spacial score (nSPS) is 22.7. The molecule has 9 nitrogen and oxygen atoms in total. The number of β-amino-alcohol motifs (C(OH)–C–C–N with tert-alkyl or cyclic N) is 1. The fraction of sp³-hybridized carbons (Fsp3) is 0.526. The number of hydrogen-bond acceptors (Lipinski definition) is 7. The number of aliphatic hydroxyl groups is 1. The molecule has 1 saturated heterocycles. The Balaban J connectivity index is 1.71.